The van der Waals surface area contributed by atoms with Crippen molar-refractivity contribution in [3.8, 4) is 5.75 Å². The highest BCUT2D eigenvalue weighted by atomic mass is 16.5. The van der Waals surface area contributed by atoms with Gasteiger partial charge in [0.2, 0.25) is 5.91 Å². The lowest BCUT2D eigenvalue weighted by atomic mass is 9.87. The molecule has 1 aliphatic carbocycles. The Balaban J connectivity index is 1.34. The minimum absolute atomic E-state index is 0.240. The molecule has 5 heteroatoms. The van der Waals surface area contributed by atoms with E-state index in [1.807, 2.05) is 12.1 Å². The Morgan fingerprint density at radius 3 is 2.58 bits per heavy atom. The molecule has 2 aliphatic rings. The summed E-state index contributed by atoms with van der Waals surface area (Å²) in [7, 11) is 1.73. The number of ether oxygens (including phenoxy) is 1. The Hall–Kier alpha value is -1.75. The summed E-state index contributed by atoms with van der Waals surface area (Å²) >= 11 is 0. The standard InChI is InChI=1S/C21H33N3O2/c1-26-20-10-6-5-9-19(20)24-15-13-23(14-16-24)12-11-22-21(25)17-18-7-3-2-4-8-18/h5-6,9-10,18H,2-4,7-8,11-17H2,1H3,(H,22,25). The molecular formula is C21H33N3O2. The predicted octanol–water partition coefficient (Wildman–Crippen LogP) is 2.90. The maximum atomic E-state index is 12.1. The number of amides is 1. The van der Waals surface area contributed by atoms with Crippen LogP contribution in [-0.2, 0) is 4.79 Å². The molecule has 0 bridgehead atoms. The predicted molar refractivity (Wildman–Crippen MR) is 106 cm³/mol. The fourth-order valence-corrected chi connectivity index (χ4v) is 4.18. The van der Waals surface area contributed by atoms with E-state index in [4.69, 9.17) is 4.74 Å². The van der Waals surface area contributed by atoms with Crippen LogP contribution in [0.1, 0.15) is 38.5 Å². The average molecular weight is 360 g/mol. The summed E-state index contributed by atoms with van der Waals surface area (Å²) in [6, 6.07) is 8.21. The van der Waals surface area contributed by atoms with E-state index in [1.54, 1.807) is 7.11 Å². The van der Waals surface area contributed by atoms with Gasteiger partial charge in [-0.1, -0.05) is 31.4 Å². The summed E-state index contributed by atoms with van der Waals surface area (Å²) in [5.41, 5.74) is 1.18. The number of carbonyl (C=O) groups is 1. The third-order valence-electron chi connectivity index (χ3n) is 5.75. The van der Waals surface area contributed by atoms with Crippen LogP contribution in [0, 0.1) is 5.92 Å². The number of hydrogen-bond donors (Lipinski definition) is 1. The Bertz CT molecular complexity index is 564. The van der Waals surface area contributed by atoms with Gasteiger partial charge in [-0.25, -0.2) is 0 Å². The van der Waals surface area contributed by atoms with Crippen molar-refractivity contribution in [2.45, 2.75) is 38.5 Å². The number of carbonyl (C=O) groups excluding carboxylic acids is 1. The van der Waals surface area contributed by atoms with E-state index < -0.39 is 0 Å². The van der Waals surface area contributed by atoms with Crippen molar-refractivity contribution < 1.29 is 9.53 Å². The first-order chi connectivity index (χ1) is 12.8. The molecule has 1 saturated carbocycles. The summed E-state index contributed by atoms with van der Waals surface area (Å²) in [5.74, 6) is 1.80. The second kappa shape index (κ2) is 9.81. The highest BCUT2D eigenvalue weighted by Gasteiger charge is 2.20. The van der Waals surface area contributed by atoms with Gasteiger partial charge in [0.25, 0.3) is 0 Å². The van der Waals surface area contributed by atoms with Gasteiger partial charge < -0.3 is 15.0 Å². The summed E-state index contributed by atoms with van der Waals surface area (Å²) in [6.07, 6.45) is 7.14. The van der Waals surface area contributed by atoms with E-state index in [1.165, 1.54) is 37.8 Å². The quantitative estimate of drug-likeness (QED) is 0.813. The molecule has 0 radical (unpaired) electrons. The summed E-state index contributed by atoms with van der Waals surface area (Å²) in [6.45, 7) is 5.75. The molecule has 1 aromatic carbocycles. The van der Waals surface area contributed by atoms with Crippen LogP contribution in [0.3, 0.4) is 0 Å². The van der Waals surface area contributed by atoms with Crippen molar-refractivity contribution in [2.24, 2.45) is 5.92 Å². The smallest absolute Gasteiger partial charge is 0.220 e. The van der Waals surface area contributed by atoms with Gasteiger partial charge in [-0.15, -0.1) is 0 Å². The molecule has 2 fully saturated rings. The second-order valence-electron chi connectivity index (χ2n) is 7.56. The maximum absolute atomic E-state index is 12.1. The van der Waals surface area contributed by atoms with E-state index in [0.29, 0.717) is 5.92 Å². The van der Waals surface area contributed by atoms with Gasteiger partial charge in [-0.3, -0.25) is 9.69 Å². The van der Waals surface area contributed by atoms with Gasteiger partial charge in [0.05, 0.1) is 12.8 Å². The first-order valence-electron chi connectivity index (χ1n) is 10.1. The van der Waals surface area contributed by atoms with E-state index >= 15 is 0 Å². The average Bonchev–Trinajstić information content (AvgIpc) is 2.69. The number of hydrogen-bond acceptors (Lipinski definition) is 4. The zero-order valence-electron chi connectivity index (χ0n) is 16.1. The first-order valence-corrected chi connectivity index (χ1v) is 10.1. The summed E-state index contributed by atoms with van der Waals surface area (Å²) in [5, 5.41) is 3.12. The van der Waals surface area contributed by atoms with Crippen molar-refractivity contribution in [1.29, 1.82) is 0 Å². The highest BCUT2D eigenvalue weighted by molar-refractivity contribution is 5.76. The Labute approximate surface area is 157 Å². The molecule has 0 atom stereocenters. The second-order valence-corrected chi connectivity index (χ2v) is 7.56. The molecule has 1 heterocycles. The van der Waals surface area contributed by atoms with Gasteiger partial charge in [-0.2, -0.15) is 0 Å². The van der Waals surface area contributed by atoms with E-state index in [9.17, 15) is 4.79 Å². The molecule has 1 amide bonds. The van der Waals surface area contributed by atoms with Crippen molar-refractivity contribution in [3.05, 3.63) is 24.3 Å². The minimum atomic E-state index is 0.240. The number of nitrogens with zero attached hydrogens (tertiary/aromatic N) is 2. The SMILES string of the molecule is COc1ccccc1N1CCN(CCNC(=O)CC2CCCCC2)CC1. The topological polar surface area (TPSA) is 44.8 Å². The van der Waals surface area contributed by atoms with Crippen molar-refractivity contribution in [2.75, 3.05) is 51.3 Å². The lowest BCUT2D eigenvalue weighted by Crippen LogP contribution is -2.48. The van der Waals surface area contributed by atoms with E-state index in [2.05, 4.69) is 27.2 Å². The summed E-state index contributed by atoms with van der Waals surface area (Å²) < 4.78 is 5.48. The zero-order valence-corrected chi connectivity index (χ0v) is 16.1. The molecule has 0 spiro atoms. The third-order valence-corrected chi connectivity index (χ3v) is 5.75. The molecule has 0 unspecified atom stereocenters. The first kappa shape index (κ1) is 19.0. The highest BCUT2D eigenvalue weighted by Crippen LogP contribution is 2.28. The van der Waals surface area contributed by atoms with Gasteiger partial charge in [0.15, 0.2) is 0 Å². The zero-order chi connectivity index (χ0) is 18.2. The normalized spacial score (nSPS) is 19.3. The molecule has 1 saturated heterocycles. The number of methoxy groups -OCH3 is 1. The van der Waals surface area contributed by atoms with Crippen molar-refractivity contribution in [3.63, 3.8) is 0 Å². The molecule has 1 N–H and O–H groups in total. The Morgan fingerprint density at radius 1 is 1.12 bits per heavy atom. The van der Waals surface area contributed by atoms with Crippen LogP contribution < -0.4 is 15.0 Å². The maximum Gasteiger partial charge on any atom is 0.220 e. The third kappa shape index (κ3) is 5.37. The number of rotatable bonds is 7. The fourth-order valence-electron chi connectivity index (χ4n) is 4.18. The Kier molecular flexibility index (Phi) is 7.18. The minimum Gasteiger partial charge on any atom is -0.495 e. The monoisotopic (exact) mass is 359 g/mol. The van der Waals surface area contributed by atoms with Gasteiger partial charge in [0, 0.05) is 45.7 Å². The Morgan fingerprint density at radius 2 is 1.85 bits per heavy atom. The van der Waals surface area contributed by atoms with Gasteiger partial charge in [-0.05, 0) is 30.9 Å². The number of piperazine rings is 1. The van der Waals surface area contributed by atoms with Crippen molar-refractivity contribution >= 4 is 11.6 Å². The molecule has 5 nitrogen and oxygen atoms in total. The van der Waals surface area contributed by atoms with E-state index in [0.717, 1.165) is 51.4 Å². The molecule has 26 heavy (non-hydrogen) atoms. The van der Waals surface area contributed by atoms with Crippen LogP contribution in [0.2, 0.25) is 0 Å². The van der Waals surface area contributed by atoms with Gasteiger partial charge in [0.1, 0.15) is 5.75 Å². The van der Waals surface area contributed by atoms with Crippen LogP contribution in [0.4, 0.5) is 5.69 Å². The molecule has 0 aromatic heterocycles. The summed E-state index contributed by atoms with van der Waals surface area (Å²) in [4.78, 5) is 16.9. The van der Waals surface area contributed by atoms with Gasteiger partial charge >= 0.3 is 0 Å². The fraction of sp³-hybridized carbons (Fsp3) is 0.667. The van der Waals surface area contributed by atoms with Crippen LogP contribution in [0.25, 0.3) is 0 Å². The number of para-hydroxylation sites is 2. The van der Waals surface area contributed by atoms with Crippen LogP contribution >= 0.6 is 0 Å². The lowest BCUT2D eigenvalue weighted by molar-refractivity contribution is -0.122. The van der Waals surface area contributed by atoms with Crippen LogP contribution in [0.15, 0.2) is 24.3 Å². The van der Waals surface area contributed by atoms with Crippen molar-refractivity contribution in [1.82, 2.24) is 10.2 Å². The molecule has 1 aromatic rings. The number of anilines is 1. The molecule has 3 rings (SSSR count). The number of nitrogens with one attached hydrogen (secondary N) is 1. The van der Waals surface area contributed by atoms with Crippen LogP contribution in [-0.4, -0.2) is 57.2 Å². The lowest BCUT2D eigenvalue weighted by Gasteiger charge is -2.36. The largest absolute Gasteiger partial charge is 0.495 e. The molecular weight excluding hydrogens is 326 g/mol. The number of benzene rings is 1. The van der Waals surface area contributed by atoms with Crippen LogP contribution in [0.5, 0.6) is 5.75 Å². The van der Waals surface area contributed by atoms with E-state index in [-0.39, 0.29) is 5.91 Å². The molecule has 1 aliphatic heterocycles. The molecule has 144 valence electrons.